The van der Waals surface area contributed by atoms with Gasteiger partial charge in [0.1, 0.15) is 0 Å². The Labute approximate surface area is 126 Å². The molecule has 4 fully saturated rings. The second-order valence-electron chi connectivity index (χ2n) is 8.74. The molecule has 4 aliphatic carbocycles. The molecule has 4 heteroatoms. The van der Waals surface area contributed by atoms with E-state index in [-0.39, 0.29) is 11.3 Å². The van der Waals surface area contributed by atoms with Crippen molar-refractivity contribution >= 4 is 11.7 Å². The van der Waals surface area contributed by atoms with E-state index in [2.05, 4.69) is 24.3 Å². The summed E-state index contributed by atoms with van der Waals surface area (Å²) < 4.78 is 1.73. The highest BCUT2D eigenvalue weighted by molar-refractivity contribution is 5.95. The van der Waals surface area contributed by atoms with E-state index in [4.69, 9.17) is 0 Å². The fourth-order valence-electron chi connectivity index (χ4n) is 6.43. The molecule has 0 aliphatic heterocycles. The van der Waals surface area contributed by atoms with Crippen LogP contribution in [0.25, 0.3) is 0 Å². The van der Waals surface area contributed by atoms with Gasteiger partial charge in [-0.05, 0) is 55.3 Å². The van der Waals surface area contributed by atoms with Crippen LogP contribution in [0.3, 0.4) is 0 Å². The van der Waals surface area contributed by atoms with E-state index in [0.717, 1.165) is 25.2 Å². The van der Waals surface area contributed by atoms with Crippen LogP contribution in [-0.2, 0) is 11.8 Å². The molecule has 1 aromatic heterocycles. The van der Waals surface area contributed by atoms with Crippen LogP contribution >= 0.6 is 0 Å². The molecule has 1 aromatic rings. The molecule has 4 bridgehead atoms. The summed E-state index contributed by atoms with van der Waals surface area (Å²) >= 11 is 0. The minimum absolute atomic E-state index is 0.152. The van der Waals surface area contributed by atoms with Crippen LogP contribution < -0.4 is 5.32 Å². The van der Waals surface area contributed by atoms with E-state index in [0.29, 0.717) is 16.6 Å². The number of rotatable bonds is 2. The Morgan fingerprint density at radius 1 is 1.24 bits per heavy atom. The molecule has 2 atom stereocenters. The summed E-state index contributed by atoms with van der Waals surface area (Å²) in [5.74, 6) is 1.64. The number of nitrogens with one attached hydrogen (secondary N) is 1. The van der Waals surface area contributed by atoms with Crippen molar-refractivity contribution in [3.8, 4) is 0 Å². The first-order chi connectivity index (χ1) is 9.80. The van der Waals surface area contributed by atoms with Crippen LogP contribution in [0.4, 0.5) is 5.82 Å². The van der Waals surface area contributed by atoms with E-state index in [1.54, 1.807) is 4.68 Å². The molecular formula is C17H25N3O. The topological polar surface area (TPSA) is 46.9 Å². The number of carbonyl (C=O) groups is 1. The second kappa shape index (κ2) is 3.90. The Balaban J connectivity index is 1.63. The molecule has 0 saturated heterocycles. The maximum atomic E-state index is 13.0. The van der Waals surface area contributed by atoms with Crippen molar-refractivity contribution < 1.29 is 4.79 Å². The number of aromatic nitrogens is 2. The van der Waals surface area contributed by atoms with Gasteiger partial charge < -0.3 is 5.32 Å². The summed E-state index contributed by atoms with van der Waals surface area (Å²) in [5, 5.41) is 7.38. The van der Waals surface area contributed by atoms with E-state index < -0.39 is 0 Å². The zero-order valence-electron chi connectivity index (χ0n) is 13.3. The summed E-state index contributed by atoms with van der Waals surface area (Å²) in [5.41, 5.74) is 0.589. The SMILES string of the molecule is Cn1ccc(NC(=O)C23CC4C[C@](C)(C2)C[C@](C)(C4)C3)n1. The lowest BCUT2D eigenvalue weighted by Gasteiger charge is -2.64. The van der Waals surface area contributed by atoms with Crippen LogP contribution in [0.2, 0.25) is 0 Å². The van der Waals surface area contributed by atoms with Gasteiger partial charge in [0.2, 0.25) is 5.91 Å². The zero-order chi connectivity index (χ0) is 14.9. The van der Waals surface area contributed by atoms with Crippen molar-refractivity contribution in [1.29, 1.82) is 0 Å². The van der Waals surface area contributed by atoms with E-state index >= 15 is 0 Å². The highest BCUT2D eigenvalue weighted by atomic mass is 16.2. The Hall–Kier alpha value is -1.32. The summed E-state index contributed by atoms with van der Waals surface area (Å²) in [4.78, 5) is 13.0. The normalized spacial score (nSPS) is 44.0. The van der Waals surface area contributed by atoms with Crippen LogP contribution in [0, 0.1) is 22.2 Å². The quantitative estimate of drug-likeness (QED) is 0.906. The summed E-state index contributed by atoms with van der Waals surface area (Å²) in [7, 11) is 1.88. The maximum Gasteiger partial charge on any atom is 0.231 e. The summed E-state index contributed by atoms with van der Waals surface area (Å²) in [6.45, 7) is 4.80. The molecule has 4 nitrogen and oxygen atoms in total. The number of carbonyl (C=O) groups excluding carboxylic acids is 1. The maximum absolute atomic E-state index is 13.0. The van der Waals surface area contributed by atoms with Crippen molar-refractivity contribution in [2.45, 2.75) is 52.4 Å². The fraction of sp³-hybridized carbons (Fsp3) is 0.765. The average Bonchev–Trinajstić information content (AvgIpc) is 2.69. The van der Waals surface area contributed by atoms with E-state index in [9.17, 15) is 4.79 Å². The van der Waals surface area contributed by atoms with Gasteiger partial charge in [-0.3, -0.25) is 9.48 Å². The molecule has 1 amide bonds. The number of anilines is 1. The molecule has 4 saturated carbocycles. The molecule has 21 heavy (non-hydrogen) atoms. The first-order valence-corrected chi connectivity index (χ1v) is 8.11. The monoisotopic (exact) mass is 287 g/mol. The summed E-state index contributed by atoms with van der Waals surface area (Å²) in [6, 6.07) is 1.88. The molecule has 0 aromatic carbocycles. The standard InChI is InChI=1S/C17H25N3O/c1-15-6-12-7-16(2,9-15)11-17(8-12,10-15)14(21)18-13-4-5-20(3)19-13/h4-5,12H,6-11H2,1-3H3,(H,18,19,21)/t12?,15-,16-,17?/m0/s1. The molecule has 0 unspecified atom stereocenters. The van der Waals surface area contributed by atoms with E-state index in [1.165, 1.54) is 19.3 Å². The molecule has 114 valence electrons. The molecule has 0 radical (unpaired) electrons. The van der Waals surface area contributed by atoms with Crippen molar-refractivity contribution in [1.82, 2.24) is 9.78 Å². The lowest BCUT2D eigenvalue weighted by Crippen LogP contribution is -2.58. The first kappa shape index (κ1) is 13.4. The number of hydrogen-bond acceptors (Lipinski definition) is 2. The molecule has 5 rings (SSSR count). The Morgan fingerprint density at radius 2 is 1.90 bits per heavy atom. The third kappa shape index (κ3) is 2.02. The van der Waals surface area contributed by atoms with E-state index in [1.807, 2.05) is 19.3 Å². The van der Waals surface area contributed by atoms with Gasteiger partial charge in [-0.25, -0.2) is 0 Å². The third-order valence-electron chi connectivity index (χ3n) is 6.06. The van der Waals surface area contributed by atoms with Crippen molar-refractivity contribution in [2.24, 2.45) is 29.2 Å². The highest BCUT2D eigenvalue weighted by Crippen LogP contribution is 2.69. The fourth-order valence-corrected chi connectivity index (χ4v) is 6.43. The Bertz CT molecular complexity index is 587. The van der Waals surface area contributed by atoms with Crippen LogP contribution in [0.1, 0.15) is 52.4 Å². The number of nitrogens with zero attached hydrogens (tertiary/aromatic N) is 2. The van der Waals surface area contributed by atoms with Gasteiger partial charge >= 0.3 is 0 Å². The minimum Gasteiger partial charge on any atom is -0.309 e. The third-order valence-corrected chi connectivity index (χ3v) is 6.06. The molecule has 1 N–H and O–H groups in total. The Kier molecular flexibility index (Phi) is 2.48. The van der Waals surface area contributed by atoms with Crippen LogP contribution in [0.5, 0.6) is 0 Å². The minimum atomic E-state index is -0.152. The van der Waals surface area contributed by atoms with Gasteiger partial charge in [-0.2, -0.15) is 5.10 Å². The summed E-state index contributed by atoms with van der Waals surface area (Å²) in [6.07, 6.45) is 9.02. The van der Waals surface area contributed by atoms with Gasteiger partial charge in [0.05, 0.1) is 5.41 Å². The second-order valence-corrected chi connectivity index (χ2v) is 8.74. The number of aryl methyl sites for hydroxylation is 1. The Morgan fingerprint density at radius 3 is 2.43 bits per heavy atom. The average molecular weight is 287 g/mol. The van der Waals surface area contributed by atoms with Gasteiger partial charge in [-0.15, -0.1) is 0 Å². The molecule has 4 aliphatic rings. The van der Waals surface area contributed by atoms with Gasteiger partial charge in [0.25, 0.3) is 0 Å². The van der Waals surface area contributed by atoms with Crippen LogP contribution in [-0.4, -0.2) is 15.7 Å². The lowest BCUT2D eigenvalue weighted by molar-refractivity contribution is -0.165. The predicted octanol–water partition coefficient (Wildman–Crippen LogP) is 3.36. The van der Waals surface area contributed by atoms with Crippen molar-refractivity contribution in [2.75, 3.05) is 5.32 Å². The molecule has 0 spiro atoms. The first-order valence-electron chi connectivity index (χ1n) is 8.11. The van der Waals surface area contributed by atoms with Crippen LogP contribution in [0.15, 0.2) is 12.3 Å². The van der Waals surface area contributed by atoms with Gasteiger partial charge in [0.15, 0.2) is 5.82 Å². The largest absolute Gasteiger partial charge is 0.309 e. The van der Waals surface area contributed by atoms with Gasteiger partial charge in [-0.1, -0.05) is 13.8 Å². The van der Waals surface area contributed by atoms with Crippen molar-refractivity contribution in [3.05, 3.63) is 12.3 Å². The zero-order valence-corrected chi connectivity index (χ0v) is 13.3. The van der Waals surface area contributed by atoms with Crippen molar-refractivity contribution in [3.63, 3.8) is 0 Å². The molecule has 1 heterocycles. The molecular weight excluding hydrogens is 262 g/mol. The lowest BCUT2D eigenvalue weighted by atomic mass is 9.40. The predicted molar refractivity (Wildman–Crippen MR) is 81.7 cm³/mol. The number of amides is 1. The van der Waals surface area contributed by atoms with Gasteiger partial charge in [0, 0.05) is 19.3 Å². The number of hydrogen-bond donors (Lipinski definition) is 1. The highest BCUT2D eigenvalue weighted by Gasteiger charge is 2.62. The smallest absolute Gasteiger partial charge is 0.231 e.